The molecule has 0 aliphatic heterocycles. The molecular weight excluding hydrogens is 282 g/mol. The van der Waals surface area contributed by atoms with Gasteiger partial charge in [0.1, 0.15) is 0 Å². The number of nitrogens with zero attached hydrogens (tertiary/aromatic N) is 1. The third kappa shape index (κ3) is 4.39. The molecule has 0 saturated carbocycles. The fourth-order valence-corrected chi connectivity index (χ4v) is 2.08. The summed E-state index contributed by atoms with van der Waals surface area (Å²) in [5.74, 6) is -0.430. The number of carbonyl (C=O) groups is 1. The number of amides is 1. The van der Waals surface area contributed by atoms with Gasteiger partial charge < -0.3 is 11.1 Å². The summed E-state index contributed by atoms with van der Waals surface area (Å²) in [7, 11) is 0. The molecule has 0 aliphatic rings. The minimum absolute atomic E-state index is 0.0898. The lowest BCUT2D eigenvalue weighted by molar-refractivity contribution is -0.384. The Hall–Kier alpha value is -2.73. The number of hydrogen-bond acceptors (Lipinski definition) is 4. The minimum atomic E-state index is -0.430. The average molecular weight is 299 g/mol. The van der Waals surface area contributed by atoms with E-state index in [4.69, 9.17) is 5.73 Å². The first-order chi connectivity index (χ1) is 10.6. The van der Waals surface area contributed by atoms with E-state index in [-0.39, 0.29) is 5.69 Å². The first-order valence-electron chi connectivity index (χ1n) is 6.89. The summed E-state index contributed by atoms with van der Waals surface area (Å²) in [6.07, 6.45) is 0.772. The van der Waals surface area contributed by atoms with E-state index in [1.165, 1.54) is 12.1 Å². The molecule has 2 aromatic rings. The number of nitro benzene ring substituents is 1. The molecule has 6 heteroatoms. The lowest BCUT2D eigenvalue weighted by Crippen LogP contribution is -2.17. The van der Waals surface area contributed by atoms with Crippen LogP contribution in [0.4, 0.5) is 5.69 Å². The van der Waals surface area contributed by atoms with Crippen molar-refractivity contribution in [2.75, 3.05) is 6.54 Å². The number of rotatable bonds is 7. The summed E-state index contributed by atoms with van der Waals surface area (Å²) < 4.78 is 0. The minimum Gasteiger partial charge on any atom is -0.366 e. The fraction of sp³-hybridized carbons (Fsp3) is 0.188. The van der Waals surface area contributed by atoms with E-state index in [1.54, 1.807) is 24.3 Å². The highest BCUT2D eigenvalue weighted by Gasteiger charge is 2.04. The zero-order valence-electron chi connectivity index (χ0n) is 12.0. The van der Waals surface area contributed by atoms with Crippen LogP contribution in [-0.4, -0.2) is 17.4 Å². The smallest absolute Gasteiger partial charge is 0.269 e. The number of nitro groups is 1. The van der Waals surface area contributed by atoms with Gasteiger partial charge in [0, 0.05) is 24.2 Å². The maximum atomic E-state index is 11.1. The first-order valence-corrected chi connectivity index (χ1v) is 6.89. The third-order valence-corrected chi connectivity index (χ3v) is 3.28. The highest BCUT2D eigenvalue weighted by molar-refractivity contribution is 5.92. The quantitative estimate of drug-likeness (QED) is 0.464. The molecule has 6 nitrogen and oxygen atoms in total. The van der Waals surface area contributed by atoms with Crippen molar-refractivity contribution in [1.29, 1.82) is 0 Å². The second-order valence-corrected chi connectivity index (χ2v) is 4.91. The van der Waals surface area contributed by atoms with Gasteiger partial charge in [-0.15, -0.1) is 0 Å². The van der Waals surface area contributed by atoms with Gasteiger partial charge in [0.15, 0.2) is 0 Å². The SMILES string of the molecule is NC(=O)c1cccc(CCNCc2ccc([N+](=O)[O-])cc2)c1. The van der Waals surface area contributed by atoms with Crippen LogP contribution in [0.2, 0.25) is 0 Å². The summed E-state index contributed by atoms with van der Waals surface area (Å²) >= 11 is 0. The predicted molar refractivity (Wildman–Crippen MR) is 83.5 cm³/mol. The molecule has 0 heterocycles. The van der Waals surface area contributed by atoms with Gasteiger partial charge in [-0.3, -0.25) is 14.9 Å². The Morgan fingerprint density at radius 3 is 2.50 bits per heavy atom. The van der Waals surface area contributed by atoms with Crippen LogP contribution in [-0.2, 0) is 13.0 Å². The van der Waals surface area contributed by atoms with Crippen LogP contribution in [0.3, 0.4) is 0 Å². The van der Waals surface area contributed by atoms with Crippen LogP contribution in [0.1, 0.15) is 21.5 Å². The largest absolute Gasteiger partial charge is 0.366 e. The molecule has 0 bridgehead atoms. The molecule has 114 valence electrons. The fourth-order valence-electron chi connectivity index (χ4n) is 2.08. The monoisotopic (exact) mass is 299 g/mol. The van der Waals surface area contributed by atoms with E-state index >= 15 is 0 Å². The van der Waals surface area contributed by atoms with E-state index in [1.807, 2.05) is 12.1 Å². The van der Waals surface area contributed by atoms with Gasteiger partial charge in [0.2, 0.25) is 5.91 Å². The summed E-state index contributed by atoms with van der Waals surface area (Å²) in [6, 6.07) is 13.7. The molecule has 0 aliphatic carbocycles. The highest BCUT2D eigenvalue weighted by Crippen LogP contribution is 2.11. The van der Waals surface area contributed by atoms with Crippen molar-refractivity contribution in [2.45, 2.75) is 13.0 Å². The van der Waals surface area contributed by atoms with Crippen LogP contribution < -0.4 is 11.1 Å². The van der Waals surface area contributed by atoms with Crippen LogP contribution in [0.15, 0.2) is 48.5 Å². The number of non-ortho nitro benzene ring substituents is 1. The molecule has 0 saturated heterocycles. The number of carbonyl (C=O) groups excluding carboxylic acids is 1. The van der Waals surface area contributed by atoms with Crippen molar-refractivity contribution in [1.82, 2.24) is 5.32 Å². The molecular formula is C16H17N3O3. The summed E-state index contributed by atoms with van der Waals surface area (Å²) in [5, 5.41) is 13.8. The van der Waals surface area contributed by atoms with Gasteiger partial charge >= 0.3 is 0 Å². The Morgan fingerprint density at radius 2 is 1.86 bits per heavy atom. The molecule has 22 heavy (non-hydrogen) atoms. The molecule has 0 aromatic heterocycles. The number of primary amides is 1. The Morgan fingerprint density at radius 1 is 1.14 bits per heavy atom. The zero-order valence-corrected chi connectivity index (χ0v) is 12.0. The van der Waals surface area contributed by atoms with Crippen LogP contribution in [0.25, 0.3) is 0 Å². The molecule has 0 spiro atoms. The Kier molecular flexibility index (Phi) is 5.21. The molecule has 2 rings (SSSR count). The van der Waals surface area contributed by atoms with Gasteiger partial charge in [0.25, 0.3) is 5.69 Å². The van der Waals surface area contributed by atoms with Crippen LogP contribution in [0, 0.1) is 10.1 Å². The van der Waals surface area contributed by atoms with Crippen molar-refractivity contribution in [2.24, 2.45) is 5.73 Å². The molecule has 0 unspecified atom stereocenters. The first kappa shape index (κ1) is 15.7. The molecule has 2 aromatic carbocycles. The molecule has 0 fully saturated rings. The van der Waals surface area contributed by atoms with Gasteiger partial charge in [-0.25, -0.2) is 0 Å². The predicted octanol–water partition coefficient (Wildman–Crippen LogP) is 2.03. The second kappa shape index (κ2) is 7.33. The average Bonchev–Trinajstić information content (AvgIpc) is 2.52. The maximum Gasteiger partial charge on any atom is 0.269 e. The standard InChI is InChI=1S/C16H17N3O3/c17-16(20)14-3-1-2-12(10-14)8-9-18-11-13-4-6-15(7-5-13)19(21)22/h1-7,10,18H,8-9,11H2,(H2,17,20). The van der Waals surface area contributed by atoms with Crippen LogP contribution >= 0.6 is 0 Å². The highest BCUT2D eigenvalue weighted by atomic mass is 16.6. The molecule has 0 atom stereocenters. The van der Waals surface area contributed by atoms with Crippen molar-refractivity contribution >= 4 is 11.6 Å². The zero-order chi connectivity index (χ0) is 15.9. The topological polar surface area (TPSA) is 98.3 Å². The molecule has 3 N–H and O–H groups in total. The lowest BCUT2D eigenvalue weighted by Gasteiger charge is -2.06. The Bertz CT molecular complexity index is 669. The van der Waals surface area contributed by atoms with Gasteiger partial charge in [-0.1, -0.05) is 24.3 Å². The Balaban J connectivity index is 1.80. The van der Waals surface area contributed by atoms with E-state index in [0.29, 0.717) is 12.1 Å². The van der Waals surface area contributed by atoms with Crippen molar-refractivity contribution in [3.63, 3.8) is 0 Å². The van der Waals surface area contributed by atoms with E-state index in [9.17, 15) is 14.9 Å². The maximum absolute atomic E-state index is 11.1. The normalized spacial score (nSPS) is 10.4. The number of nitrogens with two attached hydrogens (primary N) is 1. The third-order valence-electron chi connectivity index (χ3n) is 3.28. The molecule has 0 radical (unpaired) electrons. The van der Waals surface area contributed by atoms with Gasteiger partial charge in [0.05, 0.1) is 4.92 Å². The van der Waals surface area contributed by atoms with E-state index < -0.39 is 10.8 Å². The van der Waals surface area contributed by atoms with Crippen LogP contribution in [0.5, 0.6) is 0 Å². The van der Waals surface area contributed by atoms with E-state index in [2.05, 4.69) is 5.32 Å². The van der Waals surface area contributed by atoms with Crippen molar-refractivity contribution in [3.8, 4) is 0 Å². The number of hydrogen-bond donors (Lipinski definition) is 2. The lowest BCUT2D eigenvalue weighted by atomic mass is 10.1. The second-order valence-electron chi connectivity index (χ2n) is 4.91. The number of benzene rings is 2. The van der Waals surface area contributed by atoms with Crippen molar-refractivity contribution in [3.05, 3.63) is 75.3 Å². The molecule has 1 amide bonds. The van der Waals surface area contributed by atoms with Gasteiger partial charge in [-0.2, -0.15) is 0 Å². The van der Waals surface area contributed by atoms with E-state index in [0.717, 1.165) is 24.1 Å². The Labute approximate surface area is 128 Å². The summed E-state index contributed by atoms with van der Waals surface area (Å²) in [4.78, 5) is 21.3. The number of nitrogens with one attached hydrogen (secondary N) is 1. The summed E-state index contributed by atoms with van der Waals surface area (Å²) in [5.41, 5.74) is 7.86. The van der Waals surface area contributed by atoms with Crippen molar-refractivity contribution < 1.29 is 9.72 Å². The summed E-state index contributed by atoms with van der Waals surface area (Å²) in [6.45, 7) is 1.37. The van der Waals surface area contributed by atoms with Gasteiger partial charge in [-0.05, 0) is 36.2 Å².